The maximum Gasteiger partial charge on any atom is 0.340 e. The molecular weight excluding hydrogens is 270 g/mol. The molecule has 5 nitrogen and oxygen atoms in total. The van der Waals surface area contributed by atoms with Crippen molar-refractivity contribution in [2.24, 2.45) is 11.7 Å². The Kier molecular flexibility index (Phi) is 5.57. The quantitative estimate of drug-likeness (QED) is 0.807. The first-order valence-electron chi connectivity index (χ1n) is 5.99. The van der Waals surface area contributed by atoms with Gasteiger partial charge >= 0.3 is 5.97 Å². The van der Waals surface area contributed by atoms with Gasteiger partial charge in [0.15, 0.2) is 0 Å². The van der Waals surface area contributed by atoms with Gasteiger partial charge in [0, 0.05) is 12.0 Å². The lowest BCUT2D eigenvalue weighted by atomic mass is 10.1. The van der Waals surface area contributed by atoms with E-state index in [4.69, 9.17) is 5.73 Å². The van der Waals surface area contributed by atoms with Crippen LogP contribution >= 0.6 is 0 Å². The highest BCUT2D eigenvalue weighted by molar-refractivity contribution is 5.95. The Hall–Kier alpha value is -2.02. The van der Waals surface area contributed by atoms with Crippen molar-refractivity contribution in [3.05, 3.63) is 29.3 Å². The molecule has 1 atom stereocenters. The van der Waals surface area contributed by atoms with Crippen LogP contribution in [0.5, 0.6) is 0 Å². The Morgan fingerprint density at radius 1 is 1.35 bits per heavy atom. The van der Waals surface area contributed by atoms with E-state index in [9.17, 15) is 18.4 Å². The van der Waals surface area contributed by atoms with E-state index >= 15 is 0 Å². The SMILES string of the molecule is COC(=O)c1cc(NC(=O)C(C)CCN)c(F)cc1F. The fraction of sp³-hybridized carbons (Fsp3) is 0.385. The summed E-state index contributed by atoms with van der Waals surface area (Å²) in [5.74, 6) is -3.86. The van der Waals surface area contributed by atoms with E-state index in [1.807, 2.05) is 0 Å². The van der Waals surface area contributed by atoms with Gasteiger partial charge in [-0.05, 0) is 19.0 Å². The summed E-state index contributed by atoms with van der Waals surface area (Å²) >= 11 is 0. The van der Waals surface area contributed by atoms with Crippen LogP contribution in [-0.4, -0.2) is 25.5 Å². The predicted molar refractivity (Wildman–Crippen MR) is 69.2 cm³/mol. The molecule has 1 unspecified atom stereocenters. The molecule has 7 heteroatoms. The zero-order valence-corrected chi connectivity index (χ0v) is 11.2. The van der Waals surface area contributed by atoms with Gasteiger partial charge in [0.2, 0.25) is 5.91 Å². The summed E-state index contributed by atoms with van der Waals surface area (Å²) in [6, 6.07) is 1.43. The number of anilines is 1. The minimum absolute atomic E-state index is 0.277. The molecule has 20 heavy (non-hydrogen) atoms. The maximum atomic E-state index is 13.6. The molecule has 0 aromatic heterocycles. The summed E-state index contributed by atoms with van der Waals surface area (Å²) in [6.07, 6.45) is 0.429. The van der Waals surface area contributed by atoms with Crippen LogP contribution < -0.4 is 11.1 Å². The second kappa shape index (κ2) is 6.95. The Morgan fingerprint density at radius 2 is 2.00 bits per heavy atom. The Bertz CT molecular complexity index is 521. The molecule has 0 heterocycles. The van der Waals surface area contributed by atoms with E-state index in [0.717, 1.165) is 13.2 Å². The minimum atomic E-state index is -1.05. The lowest BCUT2D eigenvalue weighted by molar-refractivity contribution is -0.119. The molecule has 1 aromatic rings. The molecular formula is C13H16F2N2O3. The number of esters is 1. The molecule has 0 spiro atoms. The van der Waals surface area contributed by atoms with Gasteiger partial charge in [0.05, 0.1) is 18.4 Å². The highest BCUT2D eigenvalue weighted by Gasteiger charge is 2.19. The average Bonchev–Trinajstić information content (AvgIpc) is 2.41. The molecule has 0 fully saturated rings. The normalized spacial score (nSPS) is 11.8. The van der Waals surface area contributed by atoms with Gasteiger partial charge in [-0.3, -0.25) is 4.79 Å². The van der Waals surface area contributed by atoms with Crippen LogP contribution in [0.3, 0.4) is 0 Å². The summed E-state index contributed by atoms with van der Waals surface area (Å²) in [7, 11) is 1.08. The molecule has 3 N–H and O–H groups in total. The molecule has 1 aromatic carbocycles. The van der Waals surface area contributed by atoms with Gasteiger partial charge in [-0.25, -0.2) is 13.6 Å². The van der Waals surface area contributed by atoms with E-state index in [2.05, 4.69) is 10.1 Å². The number of carbonyl (C=O) groups is 2. The number of amides is 1. The molecule has 0 aliphatic heterocycles. The molecule has 1 rings (SSSR count). The number of benzene rings is 1. The molecule has 0 aliphatic carbocycles. The van der Waals surface area contributed by atoms with E-state index in [0.29, 0.717) is 19.0 Å². The topological polar surface area (TPSA) is 81.4 Å². The van der Waals surface area contributed by atoms with Gasteiger partial charge in [-0.2, -0.15) is 0 Å². The van der Waals surface area contributed by atoms with Crippen molar-refractivity contribution in [2.75, 3.05) is 19.0 Å². The lowest BCUT2D eigenvalue weighted by Crippen LogP contribution is -2.23. The largest absolute Gasteiger partial charge is 0.465 e. The van der Waals surface area contributed by atoms with Crippen LogP contribution in [0.4, 0.5) is 14.5 Å². The van der Waals surface area contributed by atoms with Crippen molar-refractivity contribution in [3.8, 4) is 0 Å². The first kappa shape index (κ1) is 16.0. The summed E-state index contributed by atoms with van der Waals surface area (Å²) in [5, 5.41) is 2.30. The third-order valence-corrected chi connectivity index (χ3v) is 2.77. The summed E-state index contributed by atoms with van der Waals surface area (Å²) < 4.78 is 31.4. The summed E-state index contributed by atoms with van der Waals surface area (Å²) in [6.45, 7) is 1.94. The van der Waals surface area contributed by atoms with Crippen molar-refractivity contribution in [3.63, 3.8) is 0 Å². The second-order valence-electron chi connectivity index (χ2n) is 4.27. The molecule has 0 radical (unpaired) electrons. The number of hydrogen-bond donors (Lipinski definition) is 2. The molecule has 0 saturated heterocycles. The van der Waals surface area contributed by atoms with Crippen molar-refractivity contribution in [1.82, 2.24) is 0 Å². The van der Waals surface area contributed by atoms with Gasteiger partial charge in [0.25, 0.3) is 0 Å². The van der Waals surface area contributed by atoms with Crippen LogP contribution in [-0.2, 0) is 9.53 Å². The van der Waals surface area contributed by atoms with Crippen LogP contribution in [0, 0.1) is 17.6 Å². The molecule has 0 aliphatic rings. The average molecular weight is 286 g/mol. The smallest absolute Gasteiger partial charge is 0.340 e. The van der Waals surface area contributed by atoms with Crippen LogP contribution in [0.25, 0.3) is 0 Å². The first-order chi connectivity index (χ1) is 9.40. The number of nitrogens with one attached hydrogen (secondary N) is 1. The maximum absolute atomic E-state index is 13.6. The Labute approximate surface area is 115 Å². The third kappa shape index (κ3) is 3.74. The van der Waals surface area contributed by atoms with Crippen molar-refractivity contribution >= 4 is 17.6 Å². The summed E-state index contributed by atoms with van der Waals surface area (Å²) in [4.78, 5) is 23.1. The van der Waals surface area contributed by atoms with Crippen LogP contribution in [0.15, 0.2) is 12.1 Å². The van der Waals surface area contributed by atoms with Crippen molar-refractivity contribution in [1.29, 1.82) is 0 Å². The predicted octanol–water partition coefficient (Wildman–Crippen LogP) is 1.67. The van der Waals surface area contributed by atoms with Crippen LogP contribution in [0.1, 0.15) is 23.7 Å². The van der Waals surface area contributed by atoms with E-state index in [1.54, 1.807) is 6.92 Å². The lowest BCUT2D eigenvalue weighted by Gasteiger charge is -2.12. The summed E-state index contributed by atoms with van der Waals surface area (Å²) in [5.41, 5.74) is 4.60. The van der Waals surface area contributed by atoms with Gasteiger partial charge in [0.1, 0.15) is 11.6 Å². The number of carbonyl (C=O) groups excluding carboxylic acids is 2. The Balaban J connectivity index is 3.01. The van der Waals surface area contributed by atoms with Crippen molar-refractivity contribution < 1.29 is 23.1 Å². The van der Waals surface area contributed by atoms with E-state index < -0.39 is 35.0 Å². The minimum Gasteiger partial charge on any atom is -0.465 e. The number of ether oxygens (including phenoxy) is 1. The fourth-order valence-corrected chi connectivity index (χ4v) is 1.55. The monoisotopic (exact) mass is 286 g/mol. The third-order valence-electron chi connectivity index (χ3n) is 2.77. The van der Waals surface area contributed by atoms with Gasteiger partial charge in [-0.15, -0.1) is 0 Å². The number of hydrogen-bond acceptors (Lipinski definition) is 4. The van der Waals surface area contributed by atoms with Crippen molar-refractivity contribution in [2.45, 2.75) is 13.3 Å². The highest BCUT2D eigenvalue weighted by atomic mass is 19.1. The number of nitrogens with two attached hydrogens (primary N) is 1. The highest BCUT2D eigenvalue weighted by Crippen LogP contribution is 2.21. The number of methoxy groups -OCH3 is 1. The van der Waals surface area contributed by atoms with E-state index in [-0.39, 0.29) is 5.69 Å². The van der Waals surface area contributed by atoms with Gasteiger partial charge in [-0.1, -0.05) is 6.92 Å². The standard InChI is InChI=1S/C13H16F2N2O3/c1-7(3-4-16)12(18)17-11-5-8(13(19)20-2)9(14)6-10(11)15/h5-7H,3-4,16H2,1-2H3,(H,17,18). The molecule has 0 bridgehead atoms. The number of halogens is 2. The first-order valence-corrected chi connectivity index (χ1v) is 5.99. The van der Waals surface area contributed by atoms with Crippen LogP contribution in [0.2, 0.25) is 0 Å². The zero-order valence-electron chi connectivity index (χ0n) is 11.2. The fourth-order valence-electron chi connectivity index (χ4n) is 1.55. The second-order valence-corrected chi connectivity index (χ2v) is 4.27. The van der Waals surface area contributed by atoms with E-state index in [1.165, 1.54) is 0 Å². The zero-order chi connectivity index (χ0) is 15.3. The molecule has 0 saturated carbocycles. The molecule has 1 amide bonds. The number of rotatable bonds is 5. The Morgan fingerprint density at radius 3 is 2.55 bits per heavy atom. The molecule has 110 valence electrons. The van der Waals surface area contributed by atoms with Gasteiger partial charge < -0.3 is 15.8 Å².